The normalized spacial score (nSPS) is 24.5. The molecule has 3 unspecified atom stereocenters. The zero-order chi connectivity index (χ0) is 23.5. The number of amides is 3. The minimum Gasteiger partial charge on any atom is -0.349 e. The van der Waals surface area contributed by atoms with Crippen LogP contribution in [-0.4, -0.2) is 40.7 Å². The number of nitrogens with one attached hydrogen (secondary N) is 2. The summed E-state index contributed by atoms with van der Waals surface area (Å²) < 4.78 is 0. The van der Waals surface area contributed by atoms with Gasteiger partial charge in [0.25, 0.3) is 11.8 Å². The Bertz CT molecular complexity index is 1030. The zero-order valence-corrected chi connectivity index (χ0v) is 19.5. The highest BCUT2D eigenvalue weighted by Gasteiger charge is 2.47. The molecule has 3 aliphatic rings. The van der Waals surface area contributed by atoms with Crippen LogP contribution in [0.2, 0.25) is 0 Å². The van der Waals surface area contributed by atoms with E-state index in [2.05, 4.69) is 10.6 Å². The Morgan fingerprint density at radius 1 is 0.765 bits per heavy atom. The van der Waals surface area contributed by atoms with E-state index >= 15 is 0 Å². The van der Waals surface area contributed by atoms with Gasteiger partial charge in [0.05, 0.1) is 0 Å². The SMILES string of the molecule is O=C(NC1CCCC1)c1ccc(NC(=O)C2CC3CCCCC3N2C(=O)c2ccccc2)cc1. The number of rotatable bonds is 5. The Balaban J connectivity index is 1.28. The van der Waals surface area contributed by atoms with Crippen molar-refractivity contribution in [3.63, 3.8) is 0 Å². The van der Waals surface area contributed by atoms with E-state index in [4.69, 9.17) is 0 Å². The highest BCUT2D eigenvalue weighted by molar-refractivity contribution is 6.02. The molecule has 178 valence electrons. The van der Waals surface area contributed by atoms with Crippen LogP contribution < -0.4 is 10.6 Å². The number of anilines is 1. The van der Waals surface area contributed by atoms with E-state index in [1.54, 1.807) is 24.3 Å². The standard InChI is InChI=1S/C28H33N3O3/c32-26(29-22-11-5-6-12-22)19-14-16-23(17-15-19)30-27(33)25-18-21-10-4-7-13-24(21)31(25)28(34)20-8-2-1-3-9-20/h1-3,8-9,14-17,21-22,24-25H,4-7,10-13,18H2,(H,29,32)(H,30,33). The molecule has 6 heteroatoms. The van der Waals surface area contributed by atoms with E-state index in [1.165, 1.54) is 12.8 Å². The third kappa shape index (κ3) is 4.72. The molecule has 0 aromatic heterocycles. The molecule has 3 amide bonds. The molecular weight excluding hydrogens is 426 g/mol. The van der Waals surface area contributed by atoms with E-state index < -0.39 is 6.04 Å². The lowest BCUT2D eigenvalue weighted by molar-refractivity contribution is -0.120. The van der Waals surface area contributed by atoms with Crippen LogP contribution >= 0.6 is 0 Å². The van der Waals surface area contributed by atoms with Crippen LogP contribution in [0.3, 0.4) is 0 Å². The van der Waals surface area contributed by atoms with Crippen molar-refractivity contribution < 1.29 is 14.4 Å². The van der Waals surface area contributed by atoms with Crippen LogP contribution in [0.1, 0.15) is 78.5 Å². The van der Waals surface area contributed by atoms with Crippen molar-refractivity contribution in [1.82, 2.24) is 10.2 Å². The predicted molar refractivity (Wildman–Crippen MR) is 132 cm³/mol. The molecule has 3 fully saturated rings. The van der Waals surface area contributed by atoms with Crippen LogP contribution in [0.5, 0.6) is 0 Å². The second-order valence-corrected chi connectivity index (χ2v) is 9.96. The average Bonchev–Trinajstić information content (AvgIpc) is 3.52. The van der Waals surface area contributed by atoms with Crippen molar-refractivity contribution in [3.8, 4) is 0 Å². The quantitative estimate of drug-likeness (QED) is 0.676. The van der Waals surface area contributed by atoms with Gasteiger partial charge in [-0.1, -0.05) is 43.9 Å². The van der Waals surface area contributed by atoms with E-state index in [-0.39, 0.29) is 29.8 Å². The molecule has 34 heavy (non-hydrogen) atoms. The fraction of sp³-hybridized carbons (Fsp3) is 0.464. The molecular formula is C28H33N3O3. The maximum atomic E-state index is 13.4. The first-order chi connectivity index (χ1) is 16.6. The number of hydrogen-bond donors (Lipinski definition) is 2. The van der Waals surface area contributed by atoms with Gasteiger partial charge in [-0.25, -0.2) is 0 Å². The van der Waals surface area contributed by atoms with Crippen molar-refractivity contribution in [2.45, 2.75) is 75.9 Å². The summed E-state index contributed by atoms with van der Waals surface area (Å²) in [7, 11) is 0. The summed E-state index contributed by atoms with van der Waals surface area (Å²) in [6.45, 7) is 0. The summed E-state index contributed by atoms with van der Waals surface area (Å²) in [5.41, 5.74) is 1.87. The van der Waals surface area contributed by atoms with Gasteiger partial charge in [-0.2, -0.15) is 0 Å². The summed E-state index contributed by atoms with van der Waals surface area (Å²) in [5, 5.41) is 6.10. The van der Waals surface area contributed by atoms with Crippen molar-refractivity contribution in [2.75, 3.05) is 5.32 Å². The van der Waals surface area contributed by atoms with Gasteiger partial charge in [-0.05, 0) is 74.4 Å². The second kappa shape index (κ2) is 10.00. The summed E-state index contributed by atoms with van der Waals surface area (Å²) in [4.78, 5) is 41.1. The Kier molecular flexibility index (Phi) is 6.66. The summed E-state index contributed by atoms with van der Waals surface area (Å²) in [6.07, 6.45) is 9.41. The molecule has 2 aromatic carbocycles. The monoisotopic (exact) mass is 459 g/mol. The molecule has 1 saturated heterocycles. The van der Waals surface area contributed by atoms with Gasteiger partial charge in [0.2, 0.25) is 5.91 Å². The van der Waals surface area contributed by atoms with Crippen molar-refractivity contribution in [3.05, 3.63) is 65.7 Å². The number of nitrogens with zero attached hydrogens (tertiary/aromatic N) is 1. The molecule has 2 saturated carbocycles. The molecule has 1 heterocycles. The topological polar surface area (TPSA) is 78.5 Å². The van der Waals surface area contributed by atoms with E-state index in [1.807, 2.05) is 35.2 Å². The molecule has 2 N–H and O–H groups in total. The Morgan fingerprint density at radius 2 is 1.44 bits per heavy atom. The first-order valence-corrected chi connectivity index (χ1v) is 12.7. The van der Waals surface area contributed by atoms with Crippen LogP contribution in [0, 0.1) is 5.92 Å². The molecule has 6 nitrogen and oxygen atoms in total. The van der Waals surface area contributed by atoms with Crippen LogP contribution in [-0.2, 0) is 4.79 Å². The van der Waals surface area contributed by atoms with Crippen LogP contribution in [0.4, 0.5) is 5.69 Å². The molecule has 0 radical (unpaired) electrons. The summed E-state index contributed by atoms with van der Waals surface area (Å²) >= 11 is 0. The largest absolute Gasteiger partial charge is 0.349 e. The van der Waals surface area contributed by atoms with Gasteiger partial charge < -0.3 is 15.5 Å². The molecule has 5 rings (SSSR count). The third-order valence-electron chi connectivity index (χ3n) is 7.75. The molecule has 1 aliphatic heterocycles. The average molecular weight is 460 g/mol. The summed E-state index contributed by atoms with van der Waals surface area (Å²) in [6, 6.07) is 16.2. The highest BCUT2D eigenvalue weighted by Crippen LogP contribution is 2.40. The number of fused-ring (bicyclic) bond motifs is 1. The molecule has 2 aliphatic carbocycles. The molecule has 2 aromatic rings. The first kappa shape index (κ1) is 22.6. The fourth-order valence-electron chi connectivity index (χ4n) is 5.99. The smallest absolute Gasteiger partial charge is 0.254 e. The van der Waals surface area contributed by atoms with Crippen LogP contribution in [0.15, 0.2) is 54.6 Å². The minimum atomic E-state index is -0.480. The minimum absolute atomic E-state index is 0.0610. The Hall–Kier alpha value is -3.15. The fourth-order valence-corrected chi connectivity index (χ4v) is 5.99. The van der Waals surface area contributed by atoms with E-state index in [0.717, 1.165) is 38.5 Å². The number of carbonyl (C=O) groups is 3. The lowest BCUT2D eigenvalue weighted by Crippen LogP contribution is -2.47. The predicted octanol–water partition coefficient (Wildman–Crippen LogP) is 4.77. The van der Waals surface area contributed by atoms with Gasteiger partial charge in [0.1, 0.15) is 6.04 Å². The van der Waals surface area contributed by atoms with E-state index in [9.17, 15) is 14.4 Å². The number of benzene rings is 2. The van der Waals surface area contributed by atoms with Crippen LogP contribution in [0.25, 0.3) is 0 Å². The first-order valence-electron chi connectivity index (χ1n) is 12.7. The van der Waals surface area contributed by atoms with Crippen molar-refractivity contribution in [2.24, 2.45) is 5.92 Å². The van der Waals surface area contributed by atoms with Gasteiger partial charge in [0, 0.05) is 28.9 Å². The third-order valence-corrected chi connectivity index (χ3v) is 7.75. The zero-order valence-electron chi connectivity index (χ0n) is 19.5. The Labute approximate surface area is 201 Å². The number of carbonyl (C=O) groups excluding carboxylic acids is 3. The van der Waals surface area contributed by atoms with Gasteiger partial charge >= 0.3 is 0 Å². The number of likely N-dealkylation sites (tertiary alicyclic amines) is 1. The second-order valence-electron chi connectivity index (χ2n) is 9.96. The maximum absolute atomic E-state index is 13.4. The lowest BCUT2D eigenvalue weighted by atomic mass is 9.84. The molecule has 3 atom stereocenters. The van der Waals surface area contributed by atoms with E-state index in [0.29, 0.717) is 29.2 Å². The van der Waals surface area contributed by atoms with Gasteiger partial charge in [-0.15, -0.1) is 0 Å². The number of hydrogen-bond acceptors (Lipinski definition) is 3. The maximum Gasteiger partial charge on any atom is 0.254 e. The van der Waals surface area contributed by atoms with Gasteiger partial charge in [-0.3, -0.25) is 14.4 Å². The van der Waals surface area contributed by atoms with Gasteiger partial charge in [0.15, 0.2) is 0 Å². The highest BCUT2D eigenvalue weighted by atomic mass is 16.2. The van der Waals surface area contributed by atoms with Crippen molar-refractivity contribution >= 4 is 23.4 Å². The van der Waals surface area contributed by atoms with Crippen molar-refractivity contribution in [1.29, 1.82) is 0 Å². The lowest BCUT2D eigenvalue weighted by Gasteiger charge is -2.33. The summed E-state index contributed by atoms with van der Waals surface area (Å²) in [5.74, 6) is 0.0963. The molecule has 0 bridgehead atoms. The molecule has 0 spiro atoms. The Morgan fingerprint density at radius 3 is 2.18 bits per heavy atom.